The van der Waals surface area contributed by atoms with Crippen LogP contribution in [0.1, 0.15) is 55.7 Å². The van der Waals surface area contributed by atoms with Crippen molar-refractivity contribution in [1.82, 2.24) is 10.2 Å². The van der Waals surface area contributed by atoms with Crippen molar-refractivity contribution in [2.24, 2.45) is 0 Å². The smallest absolute Gasteiger partial charge is 0.244 e. The van der Waals surface area contributed by atoms with E-state index in [2.05, 4.69) is 21.2 Å². The first kappa shape index (κ1) is 31.8. The highest BCUT2D eigenvalue weighted by Gasteiger charge is 2.34. The van der Waals surface area contributed by atoms with Crippen LogP contribution in [0.15, 0.2) is 83.3 Å². The molecule has 7 nitrogen and oxygen atoms in total. The van der Waals surface area contributed by atoms with Crippen molar-refractivity contribution in [2.75, 3.05) is 17.1 Å². The van der Waals surface area contributed by atoms with E-state index in [0.29, 0.717) is 18.5 Å². The molecule has 3 aromatic carbocycles. The zero-order valence-corrected chi connectivity index (χ0v) is 26.7. The van der Waals surface area contributed by atoms with Crippen LogP contribution >= 0.6 is 15.9 Å². The van der Waals surface area contributed by atoms with Gasteiger partial charge < -0.3 is 10.2 Å². The topological polar surface area (TPSA) is 86.8 Å². The number of carbonyl (C=O) groups excluding carboxylic acids is 2. The maximum absolute atomic E-state index is 14.3. The molecule has 1 fully saturated rings. The molecule has 224 valence electrons. The number of hydrogen-bond acceptors (Lipinski definition) is 4. The molecule has 1 saturated carbocycles. The minimum absolute atomic E-state index is 0.0660. The quantitative estimate of drug-likeness (QED) is 0.265. The van der Waals surface area contributed by atoms with Crippen LogP contribution in [0.2, 0.25) is 0 Å². The molecule has 1 aliphatic rings. The molecule has 0 aromatic heterocycles. The van der Waals surface area contributed by atoms with Crippen LogP contribution in [0.4, 0.5) is 5.69 Å². The van der Waals surface area contributed by atoms with Gasteiger partial charge in [0.2, 0.25) is 21.8 Å². The Hall–Kier alpha value is -3.17. The summed E-state index contributed by atoms with van der Waals surface area (Å²) in [6, 6.07) is 23.7. The number of sulfonamides is 1. The molecule has 3 aromatic rings. The fourth-order valence-corrected chi connectivity index (χ4v) is 6.91. The van der Waals surface area contributed by atoms with E-state index >= 15 is 0 Å². The molecule has 0 saturated heterocycles. The molecule has 1 aliphatic carbocycles. The van der Waals surface area contributed by atoms with Crippen molar-refractivity contribution in [2.45, 2.75) is 70.5 Å². The number of anilines is 1. The van der Waals surface area contributed by atoms with Crippen molar-refractivity contribution in [3.05, 3.63) is 100 Å². The van der Waals surface area contributed by atoms with Gasteiger partial charge >= 0.3 is 0 Å². The lowest BCUT2D eigenvalue weighted by Gasteiger charge is -2.35. The third-order valence-corrected chi connectivity index (χ3v) is 9.40. The molecule has 0 unspecified atom stereocenters. The number of nitrogens with zero attached hydrogens (tertiary/aromatic N) is 2. The minimum atomic E-state index is -3.81. The van der Waals surface area contributed by atoms with E-state index < -0.39 is 28.5 Å². The fraction of sp³-hybridized carbons (Fsp3) is 0.394. The van der Waals surface area contributed by atoms with E-state index in [-0.39, 0.29) is 18.5 Å². The highest BCUT2D eigenvalue weighted by molar-refractivity contribution is 9.10. The van der Waals surface area contributed by atoms with Gasteiger partial charge in [0.15, 0.2) is 0 Å². The second kappa shape index (κ2) is 14.8. The van der Waals surface area contributed by atoms with Crippen LogP contribution in [0.5, 0.6) is 0 Å². The summed E-state index contributed by atoms with van der Waals surface area (Å²) in [6.07, 6.45) is 7.15. The summed E-state index contributed by atoms with van der Waals surface area (Å²) in [6.45, 7) is 1.69. The molecule has 0 radical (unpaired) electrons. The second-order valence-electron chi connectivity index (χ2n) is 11.0. The van der Waals surface area contributed by atoms with Crippen molar-refractivity contribution in [3.63, 3.8) is 0 Å². The highest BCUT2D eigenvalue weighted by Crippen LogP contribution is 2.25. The van der Waals surface area contributed by atoms with Gasteiger partial charge in [-0.05, 0) is 54.2 Å². The lowest BCUT2D eigenvalue weighted by atomic mass is 9.94. The summed E-state index contributed by atoms with van der Waals surface area (Å²) < 4.78 is 28.2. The van der Waals surface area contributed by atoms with E-state index in [1.807, 2.05) is 73.7 Å². The summed E-state index contributed by atoms with van der Waals surface area (Å²) in [5.74, 6) is -0.653. The third kappa shape index (κ3) is 8.67. The normalized spacial score (nSPS) is 14.6. The average Bonchev–Trinajstić information content (AvgIpc) is 2.98. The van der Waals surface area contributed by atoms with Crippen LogP contribution in [0.3, 0.4) is 0 Å². The standard InChI is InChI=1S/C33H40BrN3O4S/c1-3-27-16-10-11-20-30(27)37(42(2,40)41)24-32(38)36(23-26-15-12-17-28(34)21-26)31(22-25-13-6-4-7-14-25)33(39)35-29-18-8-5-9-19-29/h4,6-7,10-17,20-21,29,31H,3,5,8-9,18-19,22-24H2,1-2H3,(H,35,39)/t31-/m1/s1. The molecule has 0 bridgehead atoms. The summed E-state index contributed by atoms with van der Waals surface area (Å²) in [4.78, 5) is 29.9. The van der Waals surface area contributed by atoms with Crippen LogP contribution in [0.25, 0.3) is 0 Å². The first-order valence-electron chi connectivity index (χ1n) is 14.6. The molecule has 0 spiro atoms. The number of nitrogens with one attached hydrogen (secondary N) is 1. The zero-order valence-electron chi connectivity index (χ0n) is 24.3. The van der Waals surface area contributed by atoms with Gasteiger partial charge in [0.05, 0.1) is 11.9 Å². The molecular weight excluding hydrogens is 614 g/mol. The van der Waals surface area contributed by atoms with E-state index in [9.17, 15) is 18.0 Å². The molecule has 9 heteroatoms. The Bertz CT molecular complexity index is 1460. The molecule has 4 rings (SSSR count). The number of hydrogen-bond donors (Lipinski definition) is 1. The SMILES string of the molecule is CCc1ccccc1N(CC(=O)N(Cc1cccc(Br)c1)[C@H](Cc1ccccc1)C(=O)NC1CCCCC1)S(C)(=O)=O. The Morgan fingerprint density at radius 2 is 1.60 bits per heavy atom. The highest BCUT2D eigenvalue weighted by atomic mass is 79.9. The summed E-state index contributed by atoms with van der Waals surface area (Å²) in [5, 5.41) is 3.23. The summed E-state index contributed by atoms with van der Waals surface area (Å²) in [7, 11) is -3.81. The maximum Gasteiger partial charge on any atom is 0.244 e. The van der Waals surface area contributed by atoms with Gasteiger partial charge in [-0.2, -0.15) is 0 Å². The predicted octanol–water partition coefficient (Wildman–Crippen LogP) is 5.87. The molecule has 2 amide bonds. The minimum Gasteiger partial charge on any atom is -0.352 e. The van der Waals surface area contributed by atoms with Gasteiger partial charge in [-0.3, -0.25) is 13.9 Å². The van der Waals surface area contributed by atoms with E-state index in [1.165, 1.54) is 4.31 Å². The van der Waals surface area contributed by atoms with Crippen molar-refractivity contribution in [1.29, 1.82) is 0 Å². The zero-order chi connectivity index (χ0) is 30.1. The van der Waals surface area contributed by atoms with E-state index in [0.717, 1.165) is 59.5 Å². The summed E-state index contributed by atoms with van der Waals surface area (Å²) >= 11 is 3.52. The Morgan fingerprint density at radius 3 is 2.26 bits per heavy atom. The Morgan fingerprint density at radius 1 is 0.929 bits per heavy atom. The number of para-hydroxylation sites is 1. The molecule has 0 aliphatic heterocycles. The van der Waals surface area contributed by atoms with Crippen LogP contribution < -0.4 is 9.62 Å². The van der Waals surface area contributed by atoms with E-state index in [4.69, 9.17) is 0 Å². The molecule has 0 heterocycles. The third-order valence-electron chi connectivity index (χ3n) is 7.79. The Balaban J connectivity index is 1.74. The predicted molar refractivity (Wildman–Crippen MR) is 172 cm³/mol. The van der Waals surface area contributed by atoms with Gasteiger partial charge in [0, 0.05) is 23.5 Å². The second-order valence-corrected chi connectivity index (χ2v) is 13.8. The molecular formula is C33H40BrN3O4S. The van der Waals surface area contributed by atoms with Crippen molar-refractivity contribution >= 4 is 43.5 Å². The first-order chi connectivity index (χ1) is 20.2. The fourth-order valence-electron chi connectivity index (χ4n) is 5.58. The Labute approximate surface area is 258 Å². The number of carbonyl (C=O) groups is 2. The van der Waals surface area contributed by atoms with E-state index in [1.54, 1.807) is 17.0 Å². The Kier molecular flexibility index (Phi) is 11.2. The average molecular weight is 655 g/mol. The van der Waals surface area contributed by atoms with Gasteiger partial charge in [0.25, 0.3) is 0 Å². The van der Waals surface area contributed by atoms with Gasteiger partial charge in [0.1, 0.15) is 12.6 Å². The monoisotopic (exact) mass is 653 g/mol. The van der Waals surface area contributed by atoms with Crippen LogP contribution in [0, 0.1) is 0 Å². The van der Waals surface area contributed by atoms with Crippen LogP contribution in [-0.4, -0.2) is 50.0 Å². The molecule has 42 heavy (non-hydrogen) atoms. The molecule has 1 N–H and O–H groups in total. The van der Waals surface area contributed by atoms with Crippen LogP contribution in [-0.2, 0) is 39.0 Å². The van der Waals surface area contributed by atoms with Gasteiger partial charge in [-0.1, -0.05) is 103 Å². The largest absolute Gasteiger partial charge is 0.352 e. The number of halogens is 1. The first-order valence-corrected chi connectivity index (χ1v) is 17.2. The number of benzene rings is 3. The van der Waals surface area contributed by atoms with Gasteiger partial charge in [-0.25, -0.2) is 8.42 Å². The van der Waals surface area contributed by atoms with Gasteiger partial charge in [-0.15, -0.1) is 0 Å². The lowest BCUT2D eigenvalue weighted by molar-refractivity contribution is -0.140. The summed E-state index contributed by atoms with van der Waals surface area (Å²) in [5.41, 5.74) is 3.06. The van der Waals surface area contributed by atoms with Crippen molar-refractivity contribution in [3.8, 4) is 0 Å². The molecule has 1 atom stereocenters. The lowest BCUT2D eigenvalue weighted by Crippen LogP contribution is -2.55. The number of rotatable bonds is 12. The number of aryl methyl sites for hydroxylation is 1. The van der Waals surface area contributed by atoms with Crippen molar-refractivity contribution < 1.29 is 18.0 Å². The number of amides is 2. The maximum atomic E-state index is 14.3.